The second-order valence-corrected chi connectivity index (χ2v) is 12.6. The van der Waals surface area contributed by atoms with Gasteiger partial charge >= 0.3 is 0 Å². The quantitative estimate of drug-likeness (QED) is 0.192. The zero-order valence-electron chi connectivity index (χ0n) is 24.3. The highest BCUT2D eigenvalue weighted by Crippen LogP contribution is 2.51. The number of fused-ring (bicyclic) bond motifs is 4. The number of aromatic hydroxyl groups is 1. The maximum Gasteiger partial charge on any atom is 0.234 e. The van der Waals surface area contributed by atoms with Crippen LogP contribution in [0, 0.1) is 17.8 Å². The molecule has 1 N–H and O–H groups in total. The molecule has 0 aromatic heterocycles. The van der Waals surface area contributed by atoms with Crippen molar-refractivity contribution in [1.29, 1.82) is 0 Å². The fraction of sp³-hybridized carbons (Fsp3) is 0.405. The molecule has 3 aromatic carbocycles. The summed E-state index contributed by atoms with van der Waals surface area (Å²) in [5.41, 5.74) is 5.95. The molecule has 5 heteroatoms. The van der Waals surface area contributed by atoms with Crippen molar-refractivity contribution in [3.05, 3.63) is 89.0 Å². The molecule has 7 rings (SSSR count). The van der Waals surface area contributed by atoms with E-state index in [1.807, 2.05) is 30.3 Å². The van der Waals surface area contributed by atoms with E-state index in [1.54, 1.807) is 11.0 Å². The van der Waals surface area contributed by atoms with Gasteiger partial charge in [0.15, 0.2) is 0 Å². The van der Waals surface area contributed by atoms with Crippen LogP contribution in [0.4, 0.5) is 0 Å². The van der Waals surface area contributed by atoms with Crippen molar-refractivity contribution < 1.29 is 19.4 Å². The van der Waals surface area contributed by atoms with E-state index in [1.165, 1.54) is 28.7 Å². The monoisotopic (exact) mass is 561 g/mol. The molecule has 0 radical (unpaired) electrons. The fourth-order valence-corrected chi connectivity index (χ4v) is 8.21. The highest BCUT2D eigenvalue weighted by atomic mass is 16.5. The molecule has 2 aliphatic heterocycles. The number of likely N-dealkylation sites (tertiary alicyclic amines) is 1. The molecule has 2 heterocycles. The standard InChI is InChI=1S/C37H39NO4/c1-23-20-30-35(37(41)38(36(30)40)27-12-6-3-7-13-27)31-22-42-33(34(23)31)19-17-25(24-10-4-2-5-11-24)21-26-16-18-32(39)29-15-9-8-14-28(26)29/h2,4-5,8-11,14-16,18,21,27,30-31,33,35,39H,3,6-7,12-13,17,19-20,22H2,1H3/b25-21-/t30-,31+,33-,35-/m1/s1. The van der Waals surface area contributed by atoms with Crippen LogP contribution in [0.3, 0.4) is 0 Å². The second-order valence-electron chi connectivity index (χ2n) is 12.6. The molecule has 0 unspecified atom stereocenters. The average Bonchev–Trinajstić information content (AvgIpc) is 3.55. The van der Waals surface area contributed by atoms with E-state index >= 15 is 0 Å². The summed E-state index contributed by atoms with van der Waals surface area (Å²) in [5.74, 6) is -0.0819. The first-order chi connectivity index (χ1) is 20.5. The third-order valence-corrected chi connectivity index (χ3v) is 10.2. The minimum atomic E-state index is -0.268. The zero-order valence-corrected chi connectivity index (χ0v) is 24.3. The van der Waals surface area contributed by atoms with Gasteiger partial charge in [-0.25, -0.2) is 0 Å². The molecule has 3 aromatic rings. The van der Waals surface area contributed by atoms with E-state index in [9.17, 15) is 14.7 Å². The number of carbonyl (C=O) groups excluding carboxylic acids is 2. The number of phenolic OH excluding ortho intramolecular Hbond substituents is 1. The van der Waals surface area contributed by atoms with Crippen LogP contribution in [0.2, 0.25) is 0 Å². The van der Waals surface area contributed by atoms with Crippen molar-refractivity contribution in [1.82, 2.24) is 4.90 Å². The number of imide groups is 1. The molecule has 5 nitrogen and oxygen atoms in total. The molecule has 0 spiro atoms. The predicted octanol–water partition coefficient (Wildman–Crippen LogP) is 7.54. The van der Waals surface area contributed by atoms with E-state index in [4.69, 9.17) is 4.74 Å². The van der Waals surface area contributed by atoms with Gasteiger partial charge in [-0.05, 0) is 72.8 Å². The molecule has 2 aliphatic carbocycles. The summed E-state index contributed by atoms with van der Waals surface area (Å²) in [6, 6.07) is 22.2. The van der Waals surface area contributed by atoms with Gasteiger partial charge in [-0.3, -0.25) is 14.5 Å². The predicted molar refractivity (Wildman–Crippen MR) is 165 cm³/mol. The molecule has 42 heavy (non-hydrogen) atoms. The Hall–Kier alpha value is -3.70. The highest BCUT2D eigenvalue weighted by Gasteiger charge is 2.57. The molecule has 216 valence electrons. The normalized spacial score (nSPS) is 26.7. The van der Waals surface area contributed by atoms with E-state index in [0.29, 0.717) is 13.0 Å². The summed E-state index contributed by atoms with van der Waals surface area (Å²) >= 11 is 0. The third kappa shape index (κ3) is 4.68. The van der Waals surface area contributed by atoms with Gasteiger partial charge in [0.1, 0.15) is 5.75 Å². The molecule has 2 amide bonds. The minimum absolute atomic E-state index is 0.00369. The molecule has 4 aliphatic rings. The summed E-state index contributed by atoms with van der Waals surface area (Å²) in [5, 5.41) is 12.3. The maximum atomic E-state index is 13.8. The first kappa shape index (κ1) is 27.2. The van der Waals surface area contributed by atoms with Gasteiger partial charge in [-0.1, -0.05) is 91.6 Å². The average molecular weight is 562 g/mol. The van der Waals surface area contributed by atoms with Gasteiger partial charge in [-0.2, -0.15) is 0 Å². The minimum Gasteiger partial charge on any atom is -0.507 e. The van der Waals surface area contributed by atoms with Crippen LogP contribution in [0.25, 0.3) is 22.4 Å². The lowest BCUT2D eigenvalue weighted by Crippen LogP contribution is -2.42. The Morgan fingerprint density at radius 2 is 1.64 bits per heavy atom. The van der Waals surface area contributed by atoms with Crippen LogP contribution < -0.4 is 0 Å². The summed E-state index contributed by atoms with van der Waals surface area (Å²) in [7, 11) is 0. The number of nitrogens with zero attached hydrogens (tertiary/aromatic N) is 1. The molecule has 1 saturated carbocycles. The lowest BCUT2D eigenvalue weighted by molar-refractivity contribution is -0.143. The first-order valence-electron chi connectivity index (χ1n) is 15.7. The second kappa shape index (κ2) is 11.2. The van der Waals surface area contributed by atoms with Gasteiger partial charge < -0.3 is 9.84 Å². The van der Waals surface area contributed by atoms with Crippen LogP contribution in [0.5, 0.6) is 5.75 Å². The lowest BCUT2D eigenvalue weighted by atomic mass is 9.70. The Labute approximate surface area is 247 Å². The van der Waals surface area contributed by atoms with Crippen LogP contribution in [-0.4, -0.2) is 40.6 Å². The Balaban J connectivity index is 1.15. The summed E-state index contributed by atoms with van der Waals surface area (Å²) in [6.45, 7) is 2.67. The first-order valence-corrected chi connectivity index (χ1v) is 15.7. The molecule has 0 bridgehead atoms. The van der Waals surface area contributed by atoms with Crippen molar-refractivity contribution in [3.63, 3.8) is 0 Å². The molecule has 2 saturated heterocycles. The SMILES string of the molecule is CC1=C2[C@@H](CC/C(=C/c3ccc(O)c4ccccc34)c3ccccc3)OC[C@@H]2[C@@H]2C(=O)N(C3CCCCC3)C(=O)[C@@H]2C1. The van der Waals surface area contributed by atoms with Crippen molar-refractivity contribution in [2.24, 2.45) is 17.8 Å². The zero-order chi connectivity index (χ0) is 28.8. The smallest absolute Gasteiger partial charge is 0.234 e. The van der Waals surface area contributed by atoms with Crippen molar-refractivity contribution in [2.45, 2.75) is 70.4 Å². The van der Waals surface area contributed by atoms with E-state index in [-0.39, 0.29) is 47.5 Å². The van der Waals surface area contributed by atoms with Gasteiger partial charge in [0.05, 0.1) is 24.5 Å². The Morgan fingerprint density at radius 1 is 0.905 bits per heavy atom. The Morgan fingerprint density at radius 3 is 2.43 bits per heavy atom. The number of rotatable bonds is 6. The van der Waals surface area contributed by atoms with Gasteiger partial charge in [0, 0.05) is 17.3 Å². The summed E-state index contributed by atoms with van der Waals surface area (Å²) in [6.07, 6.45) is 9.78. The van der Waals surface area contributed by atoms with E-state index in [2.05, 4.69) is 43.3 Å². The van der Waals surface area contributed by atoms with Gasteiger partial charge in [0.2, 0.25) is 11.8 Å². The number of phenols is 1. The number of carbonyl (C=O) groups is 2. The van der Waals surface area contributed by atoms with Crippen LogP contribution >= 0.6 is 0 Å². The van der Waals surface area contributed by atoms with Crippen molar-refractivity contribution >= 4 is 34.2 Å². The number of benzene rings is 3. The summed E-state index contributed by atoms with van der Waals surface area (Å²) < 4.78 is 6.47. The van der Waals surface area contributed by atoms with Crippen molar-refractivity contribution in [2.75, 3.05) is 6.61 Å². The highest BCUT2D eigenvalue weighted by molar-refractivity contribution is 6.06. The van der Waals surface area contributed by atoms with Crippen LogP contribution in [0.1, 0.15) is 69.4 Å². The Kier molecular flexibility index (Phi) is 7.23. The Bertz CT molecular complexity index is 1580. The number of hydrogen-bond acceptors (Lipinski definition) is 4. The van der Waals surface area contributed by atoms with E-state index in [0.717, 1.165) is 54.9 Å². The fourth-order valence-electron chi connectivity index (χ4n) is 8.21. The molecular formula is C37H39NO4. The van der Waals surface area contributed by atoms with E-state index < -0.39 is 0 Å². The summed E-state index contributed by atoms with van der Waals surface area (Å²) in [4.78, 5) is 29.0. The largest absolute Gasteiger partial charge is 0.507 e. The molecule has 4 atom stereocenters. The molecular weight excluding hydrogens is 522 g/mol. The van der Waals surface area contributed by atoms with Gasteiger partial charge in [0.25, 0.3) is 0 Å². The van der Waals surface area contributed by atoms with Crippen molar-refractivity contribution in [3.8, 4) is 5.75 Å². The molecule has 3 fully saturated rings. The number of allylic oxidation sites excluding steroid dienone is 2. The number of hydrogen-bond donors (Lipinski definition) is 1. The number of ether oxygens (including phenoxy) is 1. The van der Waals surface area contributed by atoms with Crippen LogP contribution in [0.15, 0.2) is 77.9 Å². The lowest BCUT2D eigenvalue weighted by Gasteiger charge is -2.31. The topological polar surface area (TPSA) is 66.8 Å². The maximum absolute atomic E-state index is 13.8. The number of amides is 2. The van der Waals surface area contributed by atoms with Crippen LogP contribution in [-0.2, 0) is 14.3 Å². The van der Waals surface area contributed by atoms with Gasteiger partial charge in [-0.15, -0.1) is 0 Å². The third-order valence-electron chi connectivity index (χ3n) is 10.2.